The summed E-state index contributed by atoms with van der Waals surface area (Å²) in [7, 11) is 0. The molecular weight excluding hydrogens is 374 g/mol. The number of hydrogen-bond donors (Lipinski definition) is 1. The summed E-state index contributed by atoms with van der Waals surface area (Å²) in [5, 5.41) is 12.9. The van der Waals surface area contributed by atoms with Gasteiger partial charge in [-0.25, -0.2) is 4.79 Å². The third-order valence-electron chi connectivity index (χ3n) is 4.44. The number of alkyl carbamates (subject to hydrolysis) is 1. The average Bonchev–Trinajstić information content (AvgIpc) is 2.59. The van der Waals surface area contributed by atoms with Gasteiger partial charge in [-0.3, -0.25) is 0 Å². The van der Waals surface area contributed by atoms with Crippen LogP contribution in [0, 0.1) is 11.3 Å². The van der Waals surface area contributed by atoms with E-state index in [-0.39, 0.29) is 6.04 Å². The third-order valence-corrected chi connectivity index (χ3v) is 4.67. The Morgan fingerprint density at radius 3 is 2.79 bits per heavy atom. The predicted octanol–water partition coefficient (Wildman–Crippen LogP) is 4.67. The van der Waals surface area contributed by atoms with Gasteiger partial charge in [0.15, 0.2) is 0 Å². The zero-order valence-corrected chi connectivity index (χ0v) is 17.1. The Hall–Kier alpha value is -2.71. The number of nitrogens with one attached hydrogen (secondary N) is 1. The molecule has 0 fully saturated rings. The van der Waals surface area contributed by atoms with Crippen LogP contribution in [0.3, 0.4) is 0 Å². The number of halogens is 1. The van der Waals surface area contributed by atoms with E-state index in [1.807, 2.05) is 63.2 Å². The quantitative estimate of drug-likeness (QED) is 0.817. The van der Waals surface area contributed by atoms with Crippen molar-refractivity contribution in [3.63, 3.8) is 0 Å². The Balaban J connectivity index is 1.84. The topological polar surface area (TPSA) is 65.4 Å². The van der Waals surface area contributed by atoms with Crippen molar-refractivity contribution in [2.45, 2.75) is 45.4 Å². The molecule has 1 aliphatic rings. The van der Waals surface area contributed by atoms with Crippen LogP contribution >= 0.6 is 11.6 Å². The normalized spacial score (nSPS) is 16.1. The zero-order valence-electron chi connectivity index (χ0n) is 16.3. The largest absolute Gasteiger partial charge is 0.444 e. The molecular formula is C22H24ClN3O2. The van der Waals surface area contributed by atoms with E-state index in [1.165, 1.54) is 0 Å². The van der Waals surface area contributed by atoms with Crippen LogP contribution in [0.2, 0.25) is 5.02 Å². The summed E-state index contributed by atoms with van der Waals surface area (Å²) in [5.41, 5.74) is 3.25. The fraction of sp³-hybridized carbons (Fsp3) is 0.364. The molecule has 3 rings (SSSR count). The minimum absolute atomic E-state index is 0.115. The van der Waals surface area contributed by atoms with Crippen LogP contribution in [0.4, 0.5) is 10.5 Å². The second-order valence-electron chi connectivity index (χ2n) is 8.01. The van der Waals surface area contributed by atoms with E-state index < -0.39 is 11.7 Å². The molecule has 0 bridgehead atoms. The molecule has 1 aliphatic heterocycles. The number of nitriles is 1. The van der Waals surface area contributed by atoms with Gasteiger partial charge in [-0.2, -0.15) is 5.26 Å². The first-order chi connectivity index (χ1) is 13.2. The second kappa shape index (κ2) is 8.12. The van der Waals surface area contributed by atoms with Crippen LogP contribution in [-0.4, -0.2) is 24.3 Å². The molecule has 0 spiro atoms. The lowest BCUT2D eigenvalue weighted by atomic mass is 9.95. The van der Waals surface area contributed by atoms with E-state index in [1.54, 1.807) is 0 Å². The van der Waals surface area contributed by atoms with Crippen LogP contribution < -0.4 is 10.2 Å². The number of nitrogens with zero attached hydrogens (tertiary/aromatic N) is 2. The van der Waals surface area contributed by atoms with Crippen LogP contribution in [0.5, 0.6) is 0 Å². The molecule has 0 saturated carbocycles. The number of benzene rings is 2. The van der Waals surface area contributed by atoms with Crippen molar-refractivity contribution < 1.29 is 9.53 Å². The van der Waals surface area contributed by atoms with Crippen molar-refractivity contribution in [1.82, 2.24) is 5.32 Å². The van der Waals surface area contributed by atoms with Crippen molar-refractivity contribution >= 4 is 23.4 Å². The maximum atomic E-state index is 12.2. The van der Waals surface area contributed by atoms with E-state index in [0.717, 1.165) is 16.8 Å². The number of rotatable bonds is 3. The van der Waals surface area contributed by atoms with Gasteiger partial charge in [-0.05, 0) is 68.7 Å². The minimum atomic E-state index is -0.550. The molecule has 5 nitrogen and oxygen atoms in total. The van der Waals surface area contributed by atoms with Gasteiger partial charge >= 0.3 is 6.09 Å². The van der Waals surface area contributed by atoms with E-state index in [4.69, 9.17) is 16.3 Å². The Bertz CT molecular complexity index is 915. The summed E-state index contributed by atoms with van der Waals surface area (Å²) in [5.74, 6) is 0. The number of carbonyl (C=O) groups is 1. The number of hydrogen-bond acceptors (Lipinski definition) is 4. The summed E-state index contributed by atoms with van der Waals surface area (Å²) in [6, 6.07) is 15.5. The van der Waals surface area contributed by atoms with E-state index >= 15 is 0 Å². The second-order valence-corrected chi connectivity index (χ2v) is 8.45. The maximum Gasteiger partial charge on any atom is 0.407 e. The Morgan fingerprint density at radius 1 is 1.32 bits per heavy atom. The Morgan fingerprint density at radius 2 is 2.11 bits per heavy atom. The fourth-order valence-corrected chi connectivity index (χ4v) is 3.61. The lowest BCUT2D eigenvalue weighted by Gasteiger charge is -2.37. The monoisotopic (exact) mass is 397 g/mol. The molecule has 2 aromatic carbocycles. The number of carbonyl (C=O) groups excluding carboxylic acids is 1. The summed E-state index contributed by atoms with van der Waals surface area (Å²) in [6.07, 6.45) is 0.218. The molecule has 0 aromatic heterocycles. The van der Waals surface area contributed by atoms with Crippen LogP contribution in [0.15, 0.2) is 42.5 Å². The number of fused-ring (bicyclic) bond motifs is 1. The average molecular weight is 398 g/mol. The van der Waals surface area contributed by atoms with Gasteiger partial charge in [-0.15, -0.1) is 0 Å². The lowest BCUT2D eigenvalue weighted by Crippen LogP contribution is -2.49. The molecule has 2 aromatic rings. The maximum absolute atomic E-state index is 12.2. The molecule has 1 atom stereocenters. The molecule has 146 valence electrons. The summed E-state index contributed by atoms with van der Waals surface area (Å²) in [6.45, 7) is 6.82. The molecule has 28 heavy (non-hydrogen) atoms. The minimum Gasteiger partial charge on any atom is -0.444 e. The van der Waals surface area contributed by atoms with E-state index in [9.17, 15) is 10.1 Å². The predicted molar refractivity (Wildman–Crippen MR) is 111 cm³/mol. The van der Waals surface area contributed by atoms with Gasteiger partial charge in [0.25, 0.3) is 0 Å². The molecule has 0 radical (unpaired) electrons. The van der Waals surface area contributed by atoms with Gasteiger partial charge < -0.3 is 15.0 Å². The van der Waals surface area contributed by atoms with E-state index in [0.29, 0.717) is 30.1 Å². The van der Waals surface area contributed by atoms with Crippen LogP contribution in [0.1, 0.15) is 37.5 Å². The Labute approximate surface area is 170 Å². The van der Waals surface area contributed by atoms with Crippen molar-refractivity contribution in [2.24, 2.45) is 0 Å². The number of ether oxygens (including phenoxy) is 1. The highest BCUT2D eigenvalue weighted by Crippen LogP contribution is 2.30. The standard InChI is InChI=1S/C22H24ClN3O2/c1-22(2,3)28-21(27)25-19-11-17-9-15(12-24)7-8-20(17)26(14-19)13-16-5-4-6-18(23)10-16/h4-10,19H,11,13-14H2,1-3H3,(H,25,27). The van der Waals surface area contributed by atoms with Crippen LogP contribution in [0.25, 0.3) is 0 Å². The molecule has 0 saturated heterocycles. The third kappa shape index (κ3) is 5.17. The Kier molecular flexibility index (Phi) is 5.81. The molecule has 1 unspecified atom stereocenters. The van der Waals surface area contributed by atoms with Gasteiger partial charge in [-0.1, -0.05) is 23.7 Å². The number of amides is 1. The molecule has 1 heterocycles. The first-order valence-corrected chi connectivity index (χ1v) is 9.63. The molecule has 1 amide bonds. The smallest absolute Gasteiger partial charge is 0.407 e. The first kappa shape index (κ1) is 20.0. The van der Waals surface area contributed by atoms with Crippen LogP contribution in [-0.2, 0) is 17.7 Å². The van der Waals surface area contributed by atoms with Crippen molar-refractivity contribution in [3.05, 3.63) is 64.2 Å². The summed E-state index contributed by atoms with van der Waals surface area (Å²) in [4.78, 5) is 14.5. The van der Waals surface area contributed by atoms with E-state index in [2.05, 4.69) is 16.3 Å². The summed E-state index contributed by atoms with van der Waals surface area (Å²) >= 11 is 6.13. The zero-order chi connectivity index (χ0) is 20.3. The highest BCUT2D eigenvalue weighted by Gasteiger charge is 2.27. The van der Waals surface area contributed by atoms with Gasteiger partial charge in [0.2, 0.25) is 0 Å². The first-order valence-electron chi connectivity index (χ1n) is 9.25. The summed E-state index contributed by atoms with van der Waals surface area (Å²) < 4.78 is 5.40. The fourth-order valence-electron chi connectivity index (χ4n) is 3.40. The van der Waals surface area contributed by atoms with Gasteiger partial charge in [0.1, 0.15) is 5.60 Å². The van der Waals surface area contributed by atoms with Crippen molar-refractivity contribution in [1.29, 1.82) is 5.26 Å². The van der Waals surface area contributed by atoms with Gasteiger partial charge in [0, 0.05) is 23.8 Å². The van der Waals surface area contributed by atoms with Gasteiger partial charge in [0.05, 0.1) is 17.7 Å². The highest BCUT2D eigenvalue weighted by atomic mass is 35.5. The number of anilines is 1. The lowest BCUT2D eigenvalue weighted by molar-refractivity contribution is 0.0504. The molecule has 1 N–H and O–H groups in total. The highest BCUT2D eigenvalue weighted by molar-refractivity contribution is 6.30. The van der Waals surface area contributed by atoms with Crippen molar-refractivity contribution in [2.75, 3.05) is 11.4 Å². The SMILES string of the molecule is CC(C)(C)OC(=O)NC1Cc2cc(C#N)ccc2N(Cc2cccc(Cl)c2)C1. The van der Waals surface area contributed by atoms with Crippen molar-refractivity contribution in [3.8, 4) is 6.07 Å². The molecule has 6 heteroatoms. The molecule has 0 aliphatic carbocycles.